The Morgan fingerprint density at radius 1 is 0.397 bits per heavy atom. The Hall–Kier alpha value is -6.78. The predicted octanol–water partition coefficient (Wildman–Crippen LogP) is 16.0. The van der Waals surface area contributed by atoms with E-state index in [0.29, 0.717) is 0 Å². The number of nitrogens with zero attached hydrogens (tertiary/aromatic N) is 3. The van der Waals surface area contributed by atoms with Crippen LogP contribution >= 0.6 is 0 Å². The minimum Gasteiger partial charge on any atom is -0.311 e. The maximum absolute atomic E-state index is 2.60. The van der Waals surface area contributed by atoms with Crippen molar-refractivity contribution in [2.75, 3.05) is 14.7 Å². The van der Waals surface area contributed by atoms with Crippen molar-refractivity contribution in [3.63, 3.8) is 0 Å². The molecule has 0 N–H and O–H groups in total. The van der Waals surface area contributed by atoms with E-state index in [9.17, 15) is 0 Å². The summed E-state index contributed by atoms with van der Waals surface area (Å²) in [5.41, 5.74) is 25.8. The molecule has 8 aromatic rings. The molecule has 0 radical (unpaired) electrons. The molecule has 8 aromatic carbocycles. The lowest BCUT2D eigenvalue weighted by atomic mass is 9.33. The van der Waals surface area contributed by atoms with Gasteiger partial charge in [-0.15, -0.1) is 0 Å². The molecule has 0 fully saturated rings. The molecule has 3 nitrogen and oxygen atoms in total. The van der Waals surface area contributed by atoms with E-state index >= 15 is 0 Å². The van der Waals surface area contributed by atoms with Gasteiger partial charge in [0.15, 0.2) is 0 Å². The summed E-state index contributed by atoms with van der Waals surface area (Å²) in [6.45, 7) is 29.8. The van der Waals surface area contributed by atoms with Gasteiger partial charge in [-0.25, -0.2) is 0 Å². The predicted molar refractivity (Wildman–Crippen MR) is 296 cm³/mol. The van der Waals surface area contributed by atoms with Gasteiger partial charge in [-0.1, -0.05) is 183 Å². The normalized spacial score (nSPS) is 13.3. The Bertz CT molecular complexity index is 3180. The van der Waals surface area contributed by atoms with E-state index in [-0.39, 0.29) is 23.0 Å². The summed E-state index contributed by atoms with van der Waals surface area (Å²) in [4.78, 5) is 7.70. The van der Waals surface area contributed by atoms with Crippen LogP contribution in [-0.4, -0.2) is 6.71 Å². The zero-order valence-electron chi connectivity index (χ0n) is 42.5. The summed E-state index contributed by atoms with van der Waals surface area (Å²) in [6, 6.07) is 62.8. The van der Waals surface area contributed by atoms with E-state index in [1.807, 2.05) is 0 Å². The number of para-hydroxylation sites is 1. The van der Waals surface area contributed by atoms with Crippen molar-refractivity contribution in [2.24, 2.45) is 0 Å². The van der Waals surface area contributed by atoms with Gasteiger partial charge in [0.25, 0.3) is 6.71 Å². The largest absolute Gasteiger partial charge is 0.311 e. The number of hydrogen-bond acceptors (Lipinski definition) is 3. The minimum atomic E-state index is -0.0569. The molecule has 4 heteroatoms. The van der Waals surface area contributed by atoms with E-state index in [1.165, 1.54) is 101 Å². The standard InChI is InChI=1S/C64H66BN3/c1-41-23-31-54(43(3)35-41)67(55-32-24-42(2)36-44(55)4)50-39-59-61-60(40-50)68(56-22-18-17-21-51(56)45-19-15-14-16-20-45)58-34-28-48(64(11,12)13)38-53(58)65(61)52-37-47(63(8,9)10)27-33-57(52)66(59)49-29-25-46(26-30-49)62(5,6)7/h14-40H,1-13H3. The van der Waals surface area contributed by atoms with Gasteiger partial charge < -0.3 is 14.7 Å². The van der Waals surface area contributed by atoms with Crippen molar-refractivity contribution in [3.05, 3.63) is 203 Å². The molecule has 0 saturated carbocycles. The number of benzene rings is 8. The zero-order chi connectivity index (χ0) is 48.0. The quantitative estimate of drug-likeness (QED) is 0.154. The number of hydrogen-bond donors (Lipinski definition) is 0. The molecule has 0 spiro atoms. The van der Waals surface area contributed by atoms with Crippen LogP contribution in [0.1, 0.15) is 101 Å². The van der Waals surface area contributed by atoms with Crippen LogP contribution in [0.5, 0.6) is 0 Å². The number of fused-ring (bicyclic) bond motifs is 4. The van der Waals surface area contributed by atoms with Crippen molar-refractivity contribution in [1.29, 1.82) is 0 Å². The molecule has 340 valence electrons. The van der Waals surface area contributed by atoms with Crippen LogP contribution < -0.4 is 31.1 Å². The molecule has 0 aromatic heterocycles. The first-order valence-corrected chi connectivity index (χ1v) is 24.5. The number of aryl methyl sites for hydroxylation is 4. The second-order valence-electron chi connectivity index (χ2n) is 22.6. The Balaban J connectivity index is 1.38. The fraction of sp³-hybridized carbons (Fsp3) is 0.250. The van der Waals surface area contributed by atoms with Gasteiger partial charge in [0.1, 0.15) is 0 Å². The Morgan fingerprint density at radius 2 is 0.868 bits per heavy atom. The van der Waals surface area contributed by atoms with Crippen molar-refractivity contribution in [3.8, 4) is 11.1 Å². The molecular weight excluding hydrogens is 822 g/mol. The highest BCUT2D eigenvalue weighted by molar-refractivity contribution is 7.00. The maximum atomic E-state index is 2.60. The first-order valence-electron chi connectivity index (χ1n) is 24.5. The van der Waals surface area contributed by atoms with Crippen LogP contribution in [0.25, 0.3) is 11.1 Å². The van der Waals surface area contributed by atoms with Crippen molar-refractivity contribution >= 4 is 74.3 Å². The third kappa shape index (κ3) is 7.82. The summed E-state index contributed by atoms with van der Waals surface area (Å²) in [5.74, 6) is 0. The second-order valence-corrected chi connectivity index (χ2v) is 22.6. The minimum absolute atomic E-state index is 0.0174. The monoisotopic (exact) mass is 888 g/mol. The van der Waals surface area contributed by atoms with Gasteiger partial charge >= 0.3 is 0 Å². The fourth-order valence-electron chi connectivity index (χ4n) is 10.8. The number of rotatable bonds is 6. The fourth-order valence-corrected chi connectivity index (χ4v) is 10.8. The molecular formula is C64H66BN3. The zero-order valence-corrected chi connectivity index (χ0v) is 42.5. The molecule has 0 aliphatic carbocycles. The van der Waals surface area contributed by atoms with E-state index in [4.69, 9.17) is 0 Å². The van der Waals surface area contributed by atoms with E-state index < -0.39 is 0 Å². The highest BCUT2D eigenvalue weighted by atomic mass is 15.2. The molecule has 0 bridgehead atoms. The van der Waals surface area contributed by atoms with Crippen LogP contribution in [0.15, 0.2) is 164 Å². The van der Waals surface area contributed by atoms with Crippen LogP contribution in [0, 0.1) is 27.7 Å². The molecule has 2 aliphatic rings. The lowest BCUT2D eigenvalue weighted by Gasteiger charge is -2.46. The van der Waals surface area contributed by atoms with Crippen molar-refractivity contribution in [2.45, 2.75) is 106 Å². The maximum Gasteiger partial charge on any atom is 0.252 e. The van der Waals surface area contributed by atoms with Crippen molar-refractivity contribution in [1.82, 2.24) is 0 Å². The third-order valence-corrected chi connectivity index (χ3v) is 14.4. The summed E-state index contributed by atoms with van der Waals surface area (Å²) in [7, 11) is 0. The van der Waals surface area contributed by atoms with Crippen LogP contribution in [0.2, 0.25) is 0 Å². The molecule has 2 heterocycles. The molecule has 0 atom stereocenters. The third-order valence-electron chi connectivity index (χ3n) is 14.4. The molecule has 68 heavy (non-hydrogen) atoms. The summed E-state index contributed by atoms with van der Waals surface area (Å²) in [5, 5.41) is 0. The highest BCUT2D eigenvalue weighted by Crippen LogP contribution is 2.51. The molecule has 0 amide bonds. The van der Waals surface area contributed by atoms with E-state index in [2.05, 4.69) is 269 Å². The SMILES string of the molecule is Cc1ccc(N(c2cc3c4c(c2)N(c2ccccc2-c2ccccc2)c2ccc(C(C)(C)C)cc2B4c2cc(C(C)(C)C)ccc2N3c2ccc(C(C)(C)C)cc2)c2ccc(C)cc2C)c(C)c1. The summed E-state index contributed by atoms with van der Waals surface area (Å²) >= 11 is 0. The molecule has 0 unspecified atom stereocenters. The van der Waals surface area contributed by atoms with Crippen molar-refractivity contribution < 1.29 is 0 Å². The Morgan fingerprint density at radius 3 is 1.38 bits per heavy atom. The molecule has 10 rings (SSSR count). The molecule has 0 saturated heterocycles. The average Bonchev–Trinajstić information content (AvgIpc) is 3.29. The summed E-state index contributed by atoms with van der Waals surface area (Å²) in [6.07, 6.45) is 0. The van der Waals surface area contributed by atoms with Gasteiger partial charge in [0, 0.05) is 45.4 Å². The van der Waals surface area contributed by atoms with Crippen LogP contribution in [0.4, 0.5) is 51.2 Å². The summed E-state index contributed by atoms with van der Waals surface area (Å²) < 4.78 is 0. The lowest BCUT2D eigenvalue weighted by molar-refractivity contribution is 0.590. The number of anilines is 9. The highest BCUT2D eigenvalue weighted by Gasteiger charge is 2.45. The van der Waals surface area contributed by atoms with Gasteiger partial charge in [0.05, 0.1) is 11.4 Å². The second kappa shape index (κ2) is 16.5. The Labute approximate surface area is 407 Å². The first-order chi connectivity index (χ1) is 32.3. The van der Waals surface area contributed by atoms with Gasteiger partial charge in [-0.2, -0.15) is 0 Å². The molecule has 2 aliphatic heterocycles. The smallest absolute Gasteiger partial charge is 0.252 e. The van der Waals surface area contributed by atoms with Crippen LogP contribution in [-0.2, 0) is 16.2 Å². The van der Waals surface area contributed by atoms with E-state index in [0.717, 1.165) is 17.1 Å². The van der Waals surface area contributed by atoms with Gasteiger partial charge in [-0.05, 0) is 148 Å². The Kier molecular flexibility index (Phi) is 10.9. The van der Waals surface area contributed by atoms with Crippen LogP contribution in [0.3, 0.4) is 0 Å². The average molecular weight is 888 g/mol. The van der Waals surface area contributed by atoms with Gasteiger partial charge in [-0.3, -0.25) is 0 Å². The lowest BCUT2D eigenvalue weighted by Crippen LogP contribution is -2.61. The first kappa shape index (κ1) is 45.0. The van der Waals surface area contributed by atoms with Gasteiger partial charge in [0.2, 0.25) is 0 Å². The topological polar surface area (TPSA) is 9.72 Å². The van der Waals surface area contributed by atoms with E-state index in [1.54, 1.807) is 0 Å².